The molecule has 0 aliphatic carbocycles. The Bertz CT molecular complexity index is 596. The van der Waals surface area contributed by atoms with Gasteiger partial charge in [0.15, 0.2) is 0 Å². The molecule has 18 heavy (non-hydrogen) atoms. The second-order valence-electron chi connectivity index (χ2n) is 4.02. The van der Waals surface area contributed by atoms with Gasteiger partial charge in [0, 0.05) is 0 Å². The summed E-state index contributed by atoms with van der Waals surface area (Å²) in [6.45, 7) is 1.94. The van der Waals surface area contributed by atoms with Crippen LogP contribution in [0.3, 0.4) is 0 Å². The number of nitrogen functional groups attached to an aromatic ring is 1. The van der Waals surface area contributed by atoms with E-state index in [2.05, 4.69) is 5.32 Å². The molecular formula is C14H13ClN2O. The van der Waals surface area contributed by atoms with Gasteiger partial charge in [-0.2, -0.15) is 0 Å². The zero-order chi connectivity index (χ0) is 13.1. The van der Waals surface area contributed by atoms with Gasteiger partial charge in [-0.25, -0.2) is 0 Å². The van der Waals surface area contributed by atoms with Gasteiger partial charge < -0.3 is 11.1 Å². The predicted octanol–water partition coefficient (Wildman–Crippen LogP) is 3.48. The molecule has 0 unspecified atom stereocenters. The second kappa shape index (κ2) is 5.10. The lowest BCUT2D eigenvalue weighted by Gasteiger charge is -2.09. The molecule has 0 aromatic heterocycles. The average Bonchev–Trinajstić information content (AvgIpc) is 2.33. The van der Waals surface area contributed by atoms with Gasteiger partial charge in [-0.3, -0.25) is 4.79 Å². The predicted molar refractivity (Wildman–Crippen MR) is 75.0 cm³/mol. The summed E-state index contributed by atoms with van der Waals surface area (Å²) in [5.41, 5.74) is 8.44. The third-order valence-electron chi connectivity index (χ3n) is 2.57. The van der Waals surface area contributed by atoms with E-state index in [1.54, 1.807) is 30.3 Å². The highest BCUT2D eigenvalue weighted by molar-refractivity contribution is 6.34. The number of nitrogens with one attached hydrogen (secondary N) is 1. The Hall–Kier alpha value is -2.00. The van der Waals surface area contributed by atoms with Gasteiger partial charge in [0.05, 0.1) is 22.0 Å². The summed E-state index contributed by atoms with van der Waals surface area (Å²) in [6.07, 6.45) is 0. The van der Waals surface area contributed by atoms with E-state index in [0.29, 0.717) is 22.0 Å². The number of benzene rings is 2. The molecule has 2 aromatic carbocycles. The molecule has 2 rings (SSSR count). The summed E-state index contributed by atoms with van der Waals surface area (Å²) in [6, 6.07) is 12.4. The van der Waals surface area contributed by atoms with Gasteiger partial charge in [-0.1, -0.05) is 29.8 Å². The minimum absolute atomic E-state index is 0.267. The highest BCUT2D eigenvalue weighted by atomic mass is 35.5. The first-order valence-corrected chi connectivity index (χ1v) is 5.88. The molecule has 0 fully saturated rings. The quantitative estimate of drug-likeness (QED) is 0.812. The van der Waals surface area contributed by atoms with E-state index in [1.165, 1.54) is 0 Å². The van der Waals surface area contributed by atoms with Crippen molar-refractivity contribution in [1.82, 2.24) is 0 Å². The van der Waals surface area contributed by atoms with Crippen LogP contribution >= 0.6 is 11.6 Å². The van der Waals surface area contributed by atoms with Crippen LogP contribution in [0.15, 0.2) is 42.5 Å². The molecule has 1 amide bonds. The lowest BCUT2D eigenvalue weighted by Crippen LogP contribution is -2.13. The number of amides is 1. The molecule has 0 atom stereocenters. The van der Waals surface area contributed by atoms with Crippen molar-refractivity contribution >= 4 is 28.9 Å². The molecule has 0 radical (unpaired) electrons. The summed E-state index contributed by atoms with van der Waals surface area (Å²) < 4.78 is 0. The molecule has 0 aliphatic heterocycles. The van der Waals surface area contributed by atoms with Crippen LogP contribution in [0.1, 0.15) is 15.9 Å². The van der Waals surface area contributed by atoms with Gasteiger partial charge in [0.25, 0.3) is 5.91 Å². The number of aryl methyl sites for hydroxylation is 1. The number of hydrogen-bond acceptors (Lipinski definition) is 2. The smallest absolute Gasteiger partial charge is 0.257 e. The number of anilines is 2. The van der Waals surface area contributed by atoms with E-state index in [1.807, 2.05) is 19.1 Å². The summed E-state index contributed by atoms with van der Waals surface area (Å²) in [5, 5.41) is 3.16. The normalized spacial score (nSPS) is 10.1. The second-order valence-corrected chi connectivity index (χ2v) is 4.43. The van der Waals surface area contributed by atoms with Gasteiger partial charge in [0.1, 0.15) is 0 Å². The number of nitrogens with two attached hydrogens (primary N) is 1. The van der Waals surface area contributed by atoms with E-state index >= 15 is 0 Å². The van der Waals surface area contributed by atoms with E-state index in [9.17, 15) is 4.79 Å². The molecule has 3 N–H and O–H groups in total. The standard InChI is InChI=1S/C14H13ClN2O/c1-9-6-7-13(12(16)8-9)17-14(18)10-4-2-3-5-11(10)15/h2-8H,16H2,1H3,(H,17,18). The molecule has 4 heteroatoms. The molecular weight excluding hydrogens is 248 g/mol. The minimum atomic E-state index is -0.267. The number of carbonyl (C=O) groups is 1. The molecule has 2 aromatic rings. The molecule has 92 valence electrons. The number of halogens is 1. The summed E-state index contributed by atoms with van der Waals surface area (Å²) in [7, 11) is 0. The van der Waals surface area contributed by atoms with Crippen molar-refractivity contribution in [1.29, 1.82) is 0 Å². The van der Waals surface area contributed by atoms with Crippen LogP contribution in [0.25, 0.3) is 0 Å². The summed E-state index contributed by atoms with van der Waals surface area (Å²) >= 11 is 5.96. The van der Waals surface area contributed by atoms with Crippen LogP contribution in [0, 0.1) is 6.92 Å². The third kappa shape index (κ3) is 2.63. The molecule has 0 spiro atoms. The average molecular weight is 261 g/mol. The van der Waals surface area contributed by atoms with Crippen LogP contribution < -0.4 is 11.1 Å². The van der Waals surface area contributed by atoms with Gasteiger partial charge in [-0.05, 0) is 36.8 Å². The molecule has 0 saturated heterocycles. The first-order chi connectivity index (χ1) is 8.58. The Morgan fingerprint density at radius 3 is 2.61 bits per heavy atom. The highest BCUT2D eigenvalue weighted by Crippen LogP contribution is 2.22. The minimum Gasteiger partial charge on any atom is -0.397 e. The van der Waals surface area contributed by atoms with E-state index in [4.69, 9.17) is 17.3 Å². The summed E-state index contributed by atoms with van der Waals surface area (Å²) in [5.74, 6) is -0.267. The van der Waals surface area contributed by atoms with Crippen molar-refractivity contribution in [3.63, 3.8) is 0 Å². The van der Waals surface area contributed by atoms with Crippen LogP contribution in [0.5, 0.6) is 0 Å². The lowest BCUT2D eigenvalue weighted by molar-refractivity contribution is 0.102. The topological polar surface area (TPSA) is 55.1 Å². The fourth-order valence-electron chi connectivity index (χ4n) is 1.63. The Morgan fingerprint density at radius 1 is 1.22 bits per heavy atom. The van der Waals surface area contributed by atoms with Crippen molar-refractivity contribution < 1.29 is 4.79 Å². The molecule has 0 bridgehead atoms. The van der Waals surface area contributed by atoms with Gasteiger partial charge in [0.2, 0.25) is 0 Å². The van der Waals surface area contributed by atoms with Crippen LogP contribution in [-0.2, 0) is 0 Å². The van der Waals surface area contributed by atoms with Crippen molar-refractivity contribution in [3.8, 4) is 0 Å². The Morgan fingerprint density at radius 2 is 1.94 bits per heavy atom. The van der Waals surface area contributed by atoms with Crippen LogP contribution in [0.2, 0.25) is 5.02 Å². The summed E-state index contributed by atoms with van der Waals surface area (Å²) in [4.78, 5) is 12.0. The first-order valence-electron chi connectivity index (χ1n) is 5.50. The molecule has 0 aliphatic rings. The van der Waals surface area contributed by atoms with E-state index in [-0.39, 0.29) is 5.91 Å². The number of carbonyl (C=O) groups excluding carboxylic acids is 1. The Balaban J connectivity index is 2.24. The Labute approximate surface area is 111 Å². The van der Waals surface area contributed by atoms with Crippen molar-refractivity contribution in [2.45, 2.75) is 6.92 Å². The zero-order valence-corrected chi connectivity index (χ0v) is 10.7. The SMILES string of the molecule is Cc1ccc(NC(=O)c2ccccc2Cl)c(N)c1. The zero-order valence-electron chi connectivity index (χ0n) is 9.91. The monoisotopic (exact) mass is 260 g/mol. The molecule has 3 nitrogen and oxygen atoms in total. The fourth-order valence-corrected chi connectivity index (χ4v) is 1.85. The highest BCUT2D eigenvalue weighted by Gasteiger charge is 2.10. The number of hydrogen-bond donors (Lipinski definition) is 2. The van der Waals surface area contributed by atoms with Crippen LogP contribution in [-0.4, -0.2) is 5.91 Å². The van der Waals surface area contributed by atoms with Gasteiger partial charge >= 0.3 is 0 Å². The lowest BCUT2D eigenvalue weighted by atomic mass is 10.1. The maximum Gasteiger partial charge on any atom is 0.257 e. The number of rotatable bonds is 2. The molecule has 0 heterocycles. The van der Waals surface area contributed by atoms with E-state index < -0.39 is 0 Å². The Kier molecular flexibility index (Phi) is 3.53. The maximum atomic E-state index is 12.0. The van der Waals surface area contributed by atoms with Crippen molar-refractivity contribution in [2.75, 3.05) is 11.1 Å². The van der Waals surface area contributed by atoms with E-state index in [0.717, 1.165) is 5.56 Å². The van der Waals surface area contributed by atoms with Gasteiger partial charge in [-0.15, -0.1) is 0 Å². The maximum absolute atomic E-state index is 12.0. The first kappa shape index (κ1) is 12.5. The van der Waals surface area contributed by atoms with Crippen molar-refractivity contribution in [3.05, 3.63) is 58.6 Å². The third-order valence-corrected chi connectivity index (χ3v) is 2.90. The largest absolute Gasteiger partial charge is 0.397 e. The molecule has 0 saturated carbocycles. The van der Waals surface area contributed by atoms with Crippen molar-refractivity contribution in [2.24, 2.45) is 0 Å². The van der Waals surface area contributed by atoms with Crippen LogP contribution in [0.4, 0.5) is 11.4 Å². The fraction of sp³-hybridized carbons (Fsp3) is 0.0714.